The van der Waals surface area contributed by atoms with Gasteiger partial charge in [-0.25, -0.2) is 13.5 Å². The fraction of sp³-hybridized carbons (Fsp3) is 0.250. The van der Waals surface area contributed by atoms with Gasteiger partial charge in [-0.2, -0.15) is 0 Å². The van der Waals surface area contributed by atoms with Crippen molar-refractivity contribution >= 4 is 5.69 Å². The molecule has 3 N–H and O–H groups in total. The Morgan fingerprint density at radius 1 is 1.33 bits per heavy atom. The van der Waals surface area contributed by atoms with Crippen molar-refractivity contribution in [2.24, 2.45) is 0 Å². The number of aromatic nitrogens is 2. The summed E-state index contributed by atoms with van der Waals surface area (Å²) in [5.74, 6) is -1.24. The van der Waals surface area contributed by atoms with Crippen LogP contribution in [-0.4, -0.2) is 9.78 Å². The molecule has 2 aromatic rings. The zero-order valence-corrected chi connectivity index (χ0v) is 9.41. The van der Waals surface area contributed by atoms with Crippen molar-refractivity contribution in [1.82, 2.24) is 9.78 Å². The molecule has 18 heavy (non-hydrogen) atoms. The third-order valence-corrected chi connectivity index (χ3v) is 3.09. The number of halogens is 2. The second kappa shape index (κ2) is 3.69. The fourth-order valence-corrected chi connectivity index (χ4v) is 1.98. The van der Waals surface area contributed by atoms with Crippen molar-refractivity contribution in [3.8, 4) is 5.69 Å². The molecule has 1 aliphatic carbocycles. The summed E-state index contributed by atoms with van der Waals surface area (Å²) in [6, 6.07) is 3.03. The Bertz CT molecular complexity index is 670. The fourth-order valence-electron chi connectivity index (χ4n) is 1.98. The maximum Gasteiger partial charge on any atom is 0.294 e. The molecule has 0 aliphatic heterocycles. The average Bonchev–Trinajstić information content (AvgIpc) is 3.11. The highest BCUT2D eigenvalue weighted by molar-refractivity contribution is 5.47. The first kappa shape index (κ1) is 11.0. The van der Waals surface area contributed by atoms with Gasteiger partial charge in [0.25, 0.3) is 5.56 Å². The summed E-state index contributed by atoms with van der Waals surface area (Å²) in [5, 5.41) is 2.80. The van der Waals surface area contributed by atoms with Gasteiger partial charge in [0.1, 0.15) is 17.2 Å². The van der Waals surface area contributed by atoms with E-state index in [2.05, 4.69) is 5.10 Å². The van der Waals surface area contributed by atoms with Gasteiger partial charge in [-0.3, -0.25) is 9.89 Å². The minimum absolute atomic E-state index is 0.0278. The maximum atomic E-state index is 13.6. The van der Waals surface area contributed by atoms with Gasteiger partial charge in [0.05, 0.1) is 5.69 Å². The van der Waals surface area contributed by atoms with Gasteiger partial charge in [-0.15, -0.1) is 0 Å². The number of nitrogens with two attached hydrogens (primary N) is 1. The summed E-state index contributed by atoms with van der Waals surface area (Å²) in [6.45, 7) is 0. The summed E-state index contributed by atoms with van der Waals surface area (Å²) in [7, 11) is 0. The number of nitrogen functional groups attached to an aromatic ring is 1. The van der Waals surface area contributed by atoms with Gasteiger partial charge in [-0.05, 0) is 25.0 Å². The van der Waals surface area contributed by atoms with E-state index in [0.29, 0.717) is 5.69 Å². The molecule has 6 heteroatoms. The second-order valence-electron chi connectivity index (χ2n) is 4.45. The van der Waals surface area contributed by atoms with Gasteiger partial charge in [0, 0.05) is 12.0 Å². The van der Waals surface area contributed by atoms with E-state index in [9.17, 15) is 13.6 Å². The van der Waals surface area contributed by atoms with Crippen LogP contribution >= 0.6 is 0 Å². The minimum Gasteiger partial charge on any atom is -0.393 e. The van der Waals surface area contributed by atoms with Crippen LogP contribution in [-0.2, 0) is 0 Å². The van der Waals surface area contributed by atoms with Crippen molar-refractivity contribution in [2.75, 3.05) is 5.73 Å². The number of anilines is 1. The number of hydrogen-bond donors (Lipinski definition) is 2. The molecule has 0 saturated heterocycles. The monoisotopic (exact) mass is 251 g/mol. The third kappa shape index (κ3) is 1.61. The Morgan fingerprint density at radius 2 is 2.06 bits per heavy atom. The highest BCUT2D eigenvalue weighted by Gasteiger charge is 2.29. The molecule has 1 fully saturated rings. The third-order valence-electron chi connectivity index (χ3n) is 3.09. The molecule has 0 spiro atoms. The molecule has 1 heterocycles. The van der Waals surface area contributed by atoms with Crippen LogP contribution < -0.4 is 11.3 Å². The van der Waals surface area contributed by atoms with Crippen LogP contribution in [0.1, 0.15) is 24.5 Å². The smallest absolute Gasteiger partial charge is 0.294 e. The molecule has 0 amide bonds. The van der Waals surface area contributed by atoms with Crippen LogP contribution in [0.25, 0.3) is 5.69 Å². The summed E-state index contributed by atoms with van der Waals surface area (Å²) in [4.78, 5) is 11.9. The lowest BCUT2D eigenvalue weighted by atomic mass is 10.2. The predicted octanol–water partition coefficient (Wildman–Crippen LogP) is 1.90. The highest BCUT2D eigenvalue weighted by atomic mass is 19.1. The van der Waals surface area contributed by atoms with Crippen LogP contribution in [0.3, 0.4) is 0 Å². The van der Waals surface area contributed by atoms with Crippen LogP contribution in [0.2, 0.25) is 0 Å². The first-order valence-corrected chi connectivity index (χ1v) is 5.63. The first-order valence-electron chi connectivity index (χ1n) is 5.63. The largest absolute Gasteiger partial charge is 0.393 e. The Labute approximate surface area is 101 Å². The zero-order chi connectivity index (χ0) is 12.9. The van der Waals surface area contributed by atoms with Crippen LogP contribution in [0.4, 0.5) is 14.5 Å². The van der Waals surface area contributed by atoms with Gasteiger partial charge in [0.2, 0.25) is 0 Å². The average molecular weight is 251 g/mol. The Kier molecular flexibility index (Phi) is 2.26. The number of rotatable bonds is 2. The van der Waals surface area contributed by atoms with E-state index >= 15 is 0 Å². The van der Waals surface area contributed by atoms with Crippen LogP contribution in [0.15, 0.2) is 23.0 Å². The van der Waals surface area contributed by atoms with Crippen LogP contribution in [0, 0.1) is 11.6 Å². The lowest BCUT2D eigenvalue weighted by Crippen LogP contribution is -2.17. The topological polar surface area (TPSA) is 63.8 Å². The number of aromatic amines is 1. The number of hydrogen-bond acceptors (Lipinski definition) is 2. The van der Waals surface area contributed by atoms with Gasteiger partial charge in [0.15, 0.2) is 5.82 Å². The number of nitrogens with zero attached hydrogens (tertiary/aromatic N) is 1. The van der Waals surface area contributed by atoms with Crippen molar-refractivity contribution in [2.45, 2.75) is 18.8 Å². The van der Waals surface area contributed by atoms with E-state index in [1.807, 2.05) is 0 Å². The molecule has 0 unspecified atom stereocenters. The Morgan fingerprint density at radius 3 is 2.67 bits per heavy atom. The predicted molar refractivity (Wildman–Crippen MR) is 62.7 cm³/mol. The number of benzene rings is 1. The quantitative estimate of drug-likeness (QED) is 0.856. The molecule has 0 radical (unpaired) electrons. The standard InChI is InChI=1S/C12H11F2N3O/c13-7-3-4-9(8(14)5-7)17-12(18)10(15)11(16-17)6-1-2-6/h3-6,16H,1-2,15H2. The van der Waals surface area contributed by atoms with Crippen molar-refractivity contribution in [1.29, 1.82) is 0 Å². The zero-order valence-electron chi connectivity index (χ0n) is 9.41. The molecule has 1 saturated carbocycles. The first-order chi connectivity index (χ1) is 8.58. The summed E-state index contributed by atoms with van der Waals surface area (Å²) in [6.07, 6.45) is 1.94. The molecule has 0 atom stereocenters. The SMILES string of the molecule is Nc1c(C2CC2)[nH]n(-c2ccc(F)cc2F)c1=O. The van der Waals surface area contributed by atoms with Gasteiger partial charge >= 0.3 is 0 Å². The molecular weight excluding hydrogens is 240 g/mol. The van der Waals surface area contributed by atoms with Gasteiger partial charge < -0.3 is 5.73 Å². The number of H-pyrrole nitrogens is 1. The van der Waals surface area contributed by atoms with Crippen molar-refractivity contribution in [3.05, 3.63) is 45.9 Å². The molecule has 3 rings (SSSR count). The lowest BCUT2D eigenvalue weighted by Gasteiger charge is -2.03. The lowest BCUT2D eigenvalue weighted by molar-refractivity contribution is 0.571. The summed E-state index contributed by atoms with van der Waals surface area (Å²) < 4.78 is 27.5. The van der Waals surface area contributed by atoms with E-state index in [4.69, 9.17) is 5.73 Å². The molecule has 1 aromatic carbocycles. The normalized spacial score (nSPS) is 15.0. The number of nitrogens with one attached hydrogen (secondary N) is 1. The molecule has 0 bridgehead atoms. The molecule has 1 aliphatic rings. The van der Waals surface area contributed by atoms with Crippen LogP contribution in [0.5, 0.6) is 0 Å². The van der Waals surface area contributed by atoms with Crippen molar-refractivity contribution < 1.29 is 8.78 Å². The molecular formula is C12H11F2N3O. The Hall–Kier alpha value is -2.11. The van der Waals surface area contributed by atoms with Crippen molar-refractivity contribution in [3.63, 3.8) is 0 Å². The van der Waals surface area contributed by atoms with E-state index in [1.54, 1.807) is 0 Å². The van der Waals surface area contributed by atoms with E-state index in [-0.39, 0.29) is 17.3 Å². The van der Waals surface area contributed by atoms with E-state index in [0.717, 1.165) is 29.7 Å². The molecule has 1 aromatic heterocycles. The molecule has 4 nitrogen and oxygen atoms in total. The van der Waals surface area contributed by atoms with E-state index < -0.39 is 17.2 Å². The Balaban J connectivity index is 2.17. The summed E-state index contributed by atoms with van der Waals surface area (Å²) in [5.41, 5.74) is 5.93. The summed E-state index contributed by atoms with van der Waals surface area (Å²) >= 11 is 0. The van der Waals surface area contributed by atoms with E-state index in [1.165, 1.54) is 6.07 Å². The van der Waals surface area contributed by atoms with Gasteiger partial charge in [-0.1, -0.05) is 0 Å². The highest BCUT2D eigenvalue weighted by Crippen LogP contribution is 2.40. The maximum absolute atomic E-state index is 13.6. The minimum atomic E-state index is -0.805. The second-order valence-corrected chi connectivity index (χ2v) is 4.45. The molecule has 94 valence electrons.